The number of benzene rings is 2. The number of aliphatic hydroxyl groups excluding tert-OH is 3. The molecule has 0 amide bonds. The topological polar surface area (TPSA) is 96.2 Å². The number of hydrogen-bond donors (Lipinski definition) is 3. The molecule has 3 N–H and O–H groups in total. The standard InChI is InChI=1S/C19H17F3O6/c20-19(21,22)12-6-4-10(5-7-12)15(24)11-2-1-3-13(8-11)28-18-17(26)16(25)14(23)9-27-18/h1-8,14,16-18,23,25-26H,9H2/t14-,16+,17-,18-/m1/s1. The fourth-order valence-electron chi connectivity index (χ4n) is 2.70. The first-order valence-electron chi connectivity index (χ1n) is 8.31. The number of aliphatic hydroxyl groups is 3. The first kappa shape index (κ1) is 20.3. The van der Waals surface area contributed by atoms with E-state index in [-0.39, 0.29) is 23.5 Å². The van der Waals surface area contributed by atoms with Crippen LogP contribution in [0.3, 0.4) is 0 Å². The quantitative estimate of drug-likeness (QED) is 0.680. The van der Waals surface area contributed by atoms with Crippen molar-refractivity contribution in [3.63, 3.8) is 0 Å². The van der Waals surface area contributed by atoms with Crippen LogP contribution in [0.2, 0.25) is 0 Å². The van der Waals surface area contributed by atoms with Crippen LogP contribution in [0.25, 0.3) is 0 Å². The largest absolute Gasteiger partial charge is 0.462 e. The SMILES string of the molecule is O=C(c1ccc(C(F)(F)F)cc1)c1cccc(O[C@H]2OC[C@@H](O)[C@H](O)[C@H]2O)c1. The fourth-order valence-corrected chi connectivity index (χ4v) is 2.70. The van der Waals surface area contributed by atoms with Crippen LogP contribution in [0.1, 0.15) is 21.5 Å². The van der Waals surface area contributed by atoms with Gasteiger partial charge in [-0.3, -0.25) is 4.79 Å². The summed E-state index contributed by atoms with van der Waals surface area (Å²) in [6.07, 6.45) is -9.94. The minimum Gasteiger partial charge on any atom is -0.462 e. The number of ketones is 1. The van der Waals surface area contributed by atoms with E-state index in [0.29, 0.717) is 0 Å². The molecule has 0 radical (unpaired) electrons. The van der Waals surface area contributed by atoms with Gasteiger partial charge in [0.25, 0.3) is 0 Å². The van der Waals surface area contributed by atoms with Gasteiger partial charge in [0.2, 0.25) is 6.29 Å². The van der Waals surface area contributed by atoms with Gasteiger partial charge >= 0.3 is 6.18 Å². The predicted octanol–water partition coefficient (Wildman–Crippen LogP) is 1.75. The van der Waals surface area contributed by atoms with Crippen molar-refractivity contribution in [1.29, 1.82) is 0 Å². The highest BCUT2D eigenvalue weighted by Crippen LogP contribution is 2.29. The first-order valence-corrected chi connectivity index (χ1v) is 8.31. The van der Waals surface area contributed by atoms with Crippen LogP contribution in [-0.4, -0.2) is 52.3 Å². The van der Waals surface area contributed by atoms with Crippen molar-refractivity contribution in [3.05, 3.63) is 65.2 Å². The van der Waals surface area contributed by atoms with Crippen molar-refractivity contribution >= 4 is 5.78 Å². The third-order valence-electron chi connectivity index (χ3n) is 4.28. The maximum absolute atomic E-state index is 12.6. The summed E-state index contributed by atoms with van der Waals surface area (Å²) in [7, 11) is 0. The molecule has 1 heterocycles. The van der Waals surface area contributed by atoms with E-state index in [1.807, 2.05) is 0 Å². The molecule has 0 spiro atoms. The number of carbonyl (C=O) groups excluding carboxylic acids is 1. The average Bonchev–Trinajstić information content (AvgIpc) is 2.67. The van der Waals surface area contributed by atoms with Gasteiger partial charge in [-0.15, -0.1) is 0 Å². The monoisotopic (exact) mass is 398 g/mol. The highest BCUT2D eigenvalue weighted by atomic mass is 19.4. The summed E-state index contributed by atoms with van der Waals surface area (Å²) in [4.78, 5) is 12.5. The minimum atomic E-state index is -4.49. The van der Waals surface area contributed by atoms with Gasteiger partial charge in [-0.25, -0.2) is 0 Å². The summed E-state index contributed by atoms with van der Waals surface area (Å²) in [5.74, 6) is -0.370. The third kappa shape index (κ3) is 4.33. The second-order valence-corrected chi connectivity index (χ2v) is 6.30. The van der Waals surface area contributed by atoms with E-state index in [0.717, 1.165) is 24.3 Å². The van der Waals surface area contributed by atoms with E-state index >= 15 is 0 Å². The van der Waals surface area contributed by atoms with Crippen LogP contribution in [-0.2, 0) is 10.9 Å². The lowest BCUT2D eigenvalue weighted by atomic mass is 10.0. The Morgan fingerprint density at radius 2 is 1.68 bits per heavy atom. The molecule has 1 saturated heterocycles. The van der Waals surface area contributed by atoms with Crippen LogP contribution in [0.15, 0.2) is 48.5 Å². The number of rotatable bonds is 4. The lowest BCUT2D eigenvalue weighted by Gasteiger charge is -2.34. The van der Waals surface area contributed by atoms with Crippen molar-refractivity contribution in [3.8, 4) is 5.75 Å². The van der Waals surface area contributed by atoms with Gasteiger partial charge in [0.05, 0.1) is 12.2 Å². The van der Waals surface area contributed by atoms with E-state index in [1.165, 1.54) is 24.3 Å². The van der Waals surface area contributed by atoms with E-state index < -0.39 is 42.1 Å². The molecule has 4 atom stereocenters. The molecule has 0 aliphatic carbocycles. The van der Waals surface area contributed by atoms with Crippen molar-refractivity contribution in [2.45, 2.75) is 30.8 Å². The van der Waals surface area contributed by atoms with Gasteiger partial charge in [-0.2, -0.15) is 13.2 Å². The molecule has 1 aliphatic heterocycles. The predicted molar refractivity (Wildman–Crippen MR) is 89.7 cm³/mol. The number of ether oxygens (including phenoxy) is 2. The molecule has 0 bridgehead atoms. The lowest BCUT2D eigenvalue weighted by Crippen LogP contribution is -2.54. The van der Waals surface area contributed by atoms with Crippen molar-refractivity contribution in [1.82, 2.24) is 0 Å². The molecular weight excluding hydrogens is 381 g/mol. The molecule has 0 aromatic heterocycles. The molecule has 9 heteroatoms. The summed E-state index contributed by atoms with van der Waals surface area (Å²) >= 11 is 0. The zero-order chi connectivity index (χ0) is 20.5. The zero-order valence-corrected chi connectivity index (χ0v) is 14.3. The van der Waals surface area contributed by atoms with Crippen molar-refractivity contribution in [2.24, 2.45) is 0 Å². The van der Waals surface area contributed by atoms with E-state index in [9.17, 15) is 33.3 Å². The highest BCUT2D eigenvalue weighted by molar-refractivity contribution is 6.09. The van der Waals surface area contributed by atoms with Gasteiger partial charge < -0.3 is 24.8 Å². The average molecular weight is 398 g/mol. The highest BCUT2D eigenvalue weighted by Gasteiger charge is 2.39. The molecule has 150 valence electrons. The molecule has 3 rings (SSSR count). The molecule has 2 aromatic carbocycles. The normalized spacial score (nSPS) is 25.4. The Morgan fingerprint density at radius 3 is 2.32 bits per heavy atom. The molecule has 2 aromatic rings. The van der Waals surface area contributed by atoms with Gasteiger partial charge in [-0.1, -0.05) is 24.3 Å². The fraction of sp³-hybridized carbons (Fsp3) is 0.316. The van der Waals surface area contributed by atoms with Crippen molar-refractivity contribution < 1.29 is 42.8 Å². The van der Waals surface area contributed by atoms with Gasteiger partial charge in [0.15, 0.2) is 5.78 Å². The summed E-state index contributed by atoms with van der Waals surface area (Å²) in [5, 5.41) is 29.0. The smallest absolute Gasteiger partial charge is 0.416 e. The van der Waals surface area contributed by atoms with Crippen LogP contribution < -0.4 is 4.74 Å². The summed E-state index contributed by atoms with van der Waals surface area (Å²) < 4.78 is 48.5. The van der Waals surface area contributed by atoms with Crippen LogP contribution >= 0.6 is 0 Å². The van der Waals surface area contributed by atoms with Crippen molar-refractivity contribution in [2.75, 3.05) is 6.61 Å². The van der Waals surface area contributed by atoms with Gasteiger partial charge in [-0.05, 0) is 24.3 Å². The maximum Gasteiger partial charge on any atom is 0.416 e. The number of halogens is 3. The molecular formula is C19H17F3O6. The van der Waals surface area contributed by atoms with E-state index in [2.05, 4.69) is 0 Å². The molecule has 1 fully saturated rings. The van der Waals surface area contributed by atoms with Crippen LogP contribution in [0.5, 0.6) is 5.75 Å². The molecule has 0 unspecified atom stereocenters. The number of carbonyl (C=O) groups is 1. The zero-order valence-electron chi connectivity index (χ0n) is 14.3. The van der Waals surface area contributed by atoms with E-state index in [4.69, 9.17) is 9.47 Å². The Labute approximate surface area is 157 Å². The van der Waals surface area contributed by atoms with E-state index in [1.54, 1.807) is 0 Å². The van der Waals surface area contributed by atoms with Crippen LogP contribution in [0, 0.1) is 0 Å². The molecule has 1 aliphatic rings. The molecule has 0 saturated carbocycles. The number of hydrogen-bond acceptors (Lipinski definition) is 6. The third-order valence-corrected chi connectivity index (χ3v) is 4.28. The number of alkyl halides is 3. The summed E-state index contributed by atoms with van der Waals surface area (Å²) in [5.41, 5.74) is -0.633. The maximum atomic E-state index is 12.6. The Bertz CT molecular complexity index is 836. The second kappa shape index (κ2) is 7.88. The lowest BCUT2D eigenvalue weighted by molar-refractivity contribution is -0.242. The second-order valence-electron chi connectivity index (χ2n) is 6.30. The summed E-state index contributed by atoms with van der Waals surface area (Å²) in [6.45, 7) is -0.243. The first-order chi connectivity index (χ1) is 13.2. The van der Waals surface area contributed by atoms with Gasteiger partial charge in [0, 0.05) is 11.1 Å². The van der Waals surface area contributed by atoms with Gasteiger partial charge in [0.1, 0.15) is 24.1 Å². The molecule has 6 nitrogen and oxygen atoms in total. The Kier molecular flexibility index (Phi) is 5.71. The Balaban J connectivity index is 1.75. The summed E-state index contributed by atoms with van der Waals surface area (Å²) in [6, 6.07) is 9.61. The Morgan fingerprint density at radius 1 is 1.00 bits per heavy atom. The van der Waals surface area contributed by atoms with Crippen LogP contribution in [0.4, 0.5) is 13.2 Å². The Hall–Kier alpha value is -2.46. The molecule has 28 heavy (non-hydrogen) atoms. The minimum absolute atomic E-state index is 0.0673.